The Morgan fingerprint density at radius 3 is 2.54 bits per heavy atom. The van der Waals surface area contributed by atoms with E-state index < -0.39 is 0 Å². The van der Waals surface area contributed by atoms with Crippen LogP contribution >= 0.6 is 11.6 Å². The van der Waals surface area contributed by atoms with Gasteiger partial charge in [-0.3, -0.25) is 4.79 Å². The number of nitrogens with one attached hydrogen (secondary N) is 2. The van der Waals surface area contributed by atoms with Gasteiger partial charge >= 0.3 is 0 Å². The fraction of sp³-hybridized carbons (Fsp3) is 0.211. The third-order valence-corrected chi connectivity index (χ3v) is 3.88. The number of rotatable bonds is 4. The van der Waals surface area contributed by atoms with Crippen molar-refractivity contribution in [2.24, 2.45) is 0 Å². The van der Waals surface area contributed by atoms with Crippen molar-refractivity contribution in [3.63, 3.8) is 0 Å². The Bertz CT molecular complexity index is 882. The highest BCUT2D eigenvalue weighted by Gasteiger charge is 2.12. The number of ether oxygens (including phenoxy) is 1. The zero-order valence-corrected chi connectivity index (χ0v) is 14.6. The van der Waals surface area contributed by atoms with Gasteiger partial charge in [0.25, 0.3) is 5.91 Å². The summed E-state index contributed by atoms with van der Waals surface area (Å²) in [5.74, 6) is 1.32. The molecule has 5 heteroatoms. The monoisotopic (exact) mass is 342 g/mol. The zero-order chi connectivity index (χ0) is 17.3. The lowest BCUT2D eigenvalue weighted by molar-refractivity contribution is 0.0943. The molecule has 24 heavy (non-hydrogen) atoms. The standard InChI is InChI=1S/C19H19ClN2O2/c1-11(2)21-19(23)13-4-7-15(8-5-13)24-18-12(3)22-17-9-6-14(20)10-16(17)18/h4-11,22H,1-3H3,(H,21,23). The van der Waals surface area contributed by atoms with E-state index in [1.54, 1.807) is 24.3 Å². The van der Waals surface area contributed by atoms with E-state index in [1.807, 2.05) is 39.0 Å². The number of aryl methyl sites for hydroxylation is 1. The highest BCUT2D eigenvalue weighted by atomic mass is 35.5. The molecule has 0 radical (unpaired) electrons. The van der Waals surface area contributed by atoms with E-state index in [0.29, 0.717) is 16.3 Å². The zero-order valence-electron chi connectivity index (χ0n) is 13.8. The summed E-state index contributed by atoms with van der Waals surface area (Å²) in [4.78, 5) is 15.3. The second kappa shape index (κ2) is 6.57. The van der Waals surface area contributed by atoms with Gasteiger partial charge in [-0.15, -0.1) is 0 Å². The molecule has 2 N–H and O–H groups in total. The molecule has 2 aromatic carbocycles. The summed E-state index contributed by atoms with van der Waals surface area (Å²) < 4.78 is 6.01. The van der Waals surface area contributed by atoms with Crippen molar-refractivity contribution < 1.29 is 9.53 Å². The predicted molar refractivity (Wildman–Crippen MR) is 97.2 cm³/mol. The first-order valence-corrected chi connectivity index (χ1v) is 8.18. The number of amides is 1. The van der Waals surface area contributed by atoms with Crippen LogP contribution in [0, 0.1) is 6.92 Å². The Labute approximate surface area is 145 Å². The average molecular weight is 343 g/mol. The van der Waals surface area contributed by atoms with Crippen LogP contribution in [-0.4, -0.2) is 16.9 Å². The van der Waals surface area contributed by atoms with Gasteiger partial charge in [0.15, 0.2) is 5.75 Å². The number of carbonyl (C=O) groups excluding carboxylic acids is 1. The maximum absolute atomic E-state index is 12.0. The Balaban J connectivity index is 1.85. The molecule has 0 fully saturated rings. The van der Waals surface area contributed by atoms with E-state index in [-0.39, 0.29) is 11.9 Å². The number of carbonyl (C=O) groups is 1. The van der Waals surface area contributed by atoms with Crippen LogP contribution in [0.4, 0.5) is 0 Å². The number of halogens is 1. The van der Waals surface area contributed by atoms with Crippen LogP contribution in [0.25, 0.3) is 10.9 Å². The molecule has 0 saturated heterocycles. The second-order valence-corrected chi connectivity index (χ2v) is 6.46. The van der Waals surface area contributed by atoms with Gasteiger partial charge in [-0.1, -0.05) is 11.6 Å². The fourth-order valence-corrected chi connectivity index (χ4v) is 2.72. The lowest BCUT2D eigenvalue weighted by atomic mass is 10.2. The summed E-state index contributed by atoms with van der Waals surface area (Å²) in [6.07, 6.45) is 0. The van der Waals surface area contributed by atoms with Crippen molar-refractivity contribution in [1.82, 2.24) is 10.3 Å². The van der Waals surface area contributed by atoms with Crippen LogP contribution < -0.4 is 10.1 Å². The molecule has 3 aromatic rings. The summed E-state index contributed by atoms with van der Waals surface area (Å²) in [5.41, 5.74) is 2.50. The molecule has 0 aliphatic carbocycles. The van der Waals surface area contributed by atoms with E-state index in [9.17, 15) is 4.79 Å². The Morgan fingerprint density at radius 1 is 1.17 bits per heavy atom. The Morgan fingerprint density at radius 2 is 1.88 bits per heavy atom. The van der Waals surface area contributed by atoms with Gasteiger partial charge in [0, 0.05) is 27.5 Å². The number of aromatic nitrogens is 1. The van der Waals surface area contributed by atoms with Gasteiger partial charge in [-0.25, -0.2) is 0 Å². The lowest BCUT2D eigenvalue weighted by Crippen LogP contribution is -2.29. The van der Waals surface area contributed by atoms with Gasteiger partial charge in [-0.05, 0) is 63.2 Å². The van der Waals surface area contributed by atoms with E-state index in [1.165, 1.54) is 0 Å². The Hall–Kier alpha value is -2.46. The van der Waals surface area contributed by atoms with Gasteiger partial charge in [-0.2, -0.15) is 0 Å². The van der Waals surface area contributed by atoms with E-state index >= 15 is 0 Å². The van der Waals surface area contributed by atoms with Crippen LogP contribution in [0.3, 0.4) is 0 Å². The molecule has 0 aliphatic rings. The summed E-state index contributed by atoms with van der Waals surface area (Å²) in [5, 5.41) is 4.46. The Kier molecular flexibility index (Phi) is 4.49. The first-order valence-electron chi connectivity index (χ1n) is 7.80. The number of fused-ring (bicyclic) bond motifs is 1. The summed E-state index contributed by atoms with van der Waals surface area (Å²) in [6, 6.07) is 12.8. The van der Waals surface area contributed by atoms with Crippen LogP contribution in [0.2, 0.25) is 5.02 Å². The number of aromatic amines is 1. The molecule has 1 amide bonds. The molecule has 3 rings (SSSR count). The summed E-state index contributed by atoms with van der Waals surface area (Å²) in [6.45, 7) is 5.81. The molecule has 0 saturated carbocycles. The SMILES string of the molecule is Cc1[nH]c2ccc(Cl)cc2c1Oc1ccc(C(=O)NC(C)C)cc1. The first-order chi connectivity index (χ1) is 11.4. The van der Waals surface area contributed by atoms with Crippen molar-refractivity contribution in [3.05, 3.63) is 58.7 Å². The highest BCUT2D eigenvalue weighted by Crippen LogP contribution is 2.35. The molecule has 0 atom stereocenters. The van der Waals surface area contributed by atoms with E-state index in [0.717, 1.165) is 22.3 Å². The summed E-state index contributed by atoms with van der Waals surface area (Å²) >= 11 is 6.09. The molecule has 0 spiro atoms. The molecule has 1 aromatic heterocycles. The number of hydrogen-bond donors (Lipinski definition) is 2. The molecule has 0 aliphatic heterocycles. The number of H-pyrrole nitrogens is 1. The third kappa shape index (κ3) is 3.39. The molecular weight excluding hydrogens is 324 g/mol. The first kappa shape index (κ1) is 16.4. The van der Waals surface area contributed by atoms with Crippen LogP contribution in [0.1, 0.15) is 29.9 Å². The maximum Gasteiger partial charge on any atom is 0.251 e. The summed E-state index contributed by atoms with van der Waals surface area (Å²) in [7, 11) is 0. The fourth-order valence-electron chi connectivity index (χ4n) is 2.54. The largest absolute Gasteiger partial charge is 0.455 e. The maximum atomic E-state index is 12.0. The number of hydrogen-bond acceptors (Lipinski definition) is 2. The van der Waals surface area contributed by atoms with Crippen molar-refractivity contribution in [3.8, 4) is 11.5 Å². The highest BCUT2D eigenvalue weighted by molar-refractivity contribution is 6.31. The minimum absolute atomic E-state index is 0.0911. The minimum atomic E-state index is -0.0911. The molecular formula is C19H19ClN2O2. The van der Waals surface area contributed by atoms with Crippen LogP contribution in [0.5, 0.6) is 11.5 Å². The molecule has 0 unspecified atom stereocenters. The smallest absolute Gasteiger partial charge is 0.251 e. The van der Waals surface area contributed by atoms with Crippen molar-refractivity contribution in [1.29, 1.82) is 0 Å². The minimum Gasteiger partial charge on any atom is -0.455 e. The van der Waals surface area contributed by atoms with E-state index in [4.69, 9.17) is 16.3 Å². The normalized spacial score (nSPS) is 11.0. The van der Waals surface area contributed by atoms with Crippen molar-refractivity contribution in [2.45, 2.75) is 26.8 Å². The van der Waals surface area contributed by atoms with Crippen molar-refractivity contribution in [2.75, 3.05) is 0 Å². The van der Waals surface area contributed by atoms with Crippen LogP contribution in [0.15, 0.2) is 42.5 Å². The van der Waals surface area contributed by atoms with E-state index in [2.05, 4.69) is 10.3 Å². The molecule has 1 heterocycles. The van der Waals surface area contributed by atoms with Gasteiger partial charge in [0.05, 0.1) is 5.69 Å². The van der Waals surface area contributed by atoms with Gasteiger partial charge < -0.3 is 15.0 Å². The quantitative estimate of drug-likeness (QED) is 0.696. The molecule has 0 bridgehead atoms. The van der Waals surface area contributed by atoms with Crippen LogP contribution in [-0.2, 0) is 0 Å². The lowest BCUT2D eigenvalue weighted by Gasteiger charge is -2.09. The predicted octanol–water partition coefficient (Wildman–Crippen LogP) is 5.06. The molecule has 4 nitrogen and oxygen atoms in total. The van der Waals surface area contributed by atoms with Gasteiger partial charge in [0.1, 0.15) is 5.75 Å². The van der Waals surface area contributed by atoms with Crippen molar-refractivity contribution >= 4 is 28.4 Å². The van der Waals surface area contributed by atoms with Gasteiger partial charge in [0.2, 0.25) is 0 Å². The third-order valence-electron chi connectivity index (χ3n) is 3.65. The number of benzene rings is 2. The molecule has 124 valence electrons. The average Bonchev–Trinajstić information content (AvgIpc) is 2.83. The topological polar surface area (TPSA) is 54.1 Å². The second-order valence-electron chi connectivity index (χ2n) is 6.02.